The van der Waals surface area contributed by atoms with Gasteiger partial charge in [-0.15, -0.1) is 11.3 Å². The molecule has 3 rings (SSSR count). The molecule has 0 aliphatic carbocycles. The number of aliphatic imine (C=N–C) groups is 1. The van der Waals surface area contributed by atoms with E-state index in [0.717, 1.165) is 44.3 Å². The Kier molecular flexibility index (Phi) is 6.98. The fraction of sp³-hybridized carbons (Fsp3) is 0.476. The minimum atomic E-state index is 0.599. The van der Waals surface area contributed by atoms with Crippen molar-refractivity contribution >= 4 is 23.0 Å². The fourth-order valence-electron chi connectivity index (χ4n) is 3.45. The molecule has 146 valence electrons. The van der Waals surface area contributed by atoms with Gasteiger partial charge in [-0.2, -0.15) is 0 Å². The van der Waals surface area contributed by atoms with Crippen LogP contribution in [0.25, 0.3) is 0 Å². The summed E-state index contributed by atoms with van der Waals surface area (Å²) in [7, 11) is 3.57. The summed E-state index contributed by atoms with van der Waals surface area (Å²) in [5.74, 6) is 2.42. The Hall–Kier alpha value is -2.21. The topological polar surface area (TPSA) is 48.9 Å². The quantitative estimate of drug-likeness (QED) is 0.565. The second kappa shape index (κ2) is 9.65. The second-order valence-corrected chi connectivity index (χ2v) is 8.05. The Morgan fingerprint density at radius 3 is 2.78 bits per heavy atom. The van der Waals surface area contributed by atoms with Gasteiger partial charge < -0.3 is 20.3 Å². The first kappa shape index (κ1) is 19.5. The van der Waals surface area contributed by atoms with Crippen LogP contribution in [-0.4, -0.2) is 39.8 Å². The molecule has 1 unspecified atom stereocenters. The highest BCUT2D eigenvalue weighted by Crippen LogP contribution is 2.31. The lowest BCUT2D eigenvalue weighted by molar-refractivity contribution is 0.414. The number of hydrogen-bond acceptors (Lipinski definition) is 4. The maximum atomic E-state index is 5.51. The number of ether oxygens (including phenoxy) is 1. The Morgan fingerprint density at radius 2 is 2.04 bits per heavy atom. The van der Waals surface area contributed by atoms with Gasteiger partial charge in [-0.3, -0.25) is 4.99 Å². The average molecular weight is 387 g/mol. The summed E-state index contributed by atoms with van der Waals surface area (Å²) >= 11 is 1.87. The summed E-state index contributed by atoms with van der Waals surface area (Å²) in [6.07, 6.45) is 2.27. The van der Waals surface area contributed by atoms with Gasteiger partial charge in [0.2, 0.25) is 0 Å². The van der Waals surface area contributed by atoms with E-state index < -0.39 is 0 Å². The van der Waals surface area contributed by atoms with Gasteiger partial charge in [0.05, 0.1) is 19.3 Å². The van der Waals surface area contributed by atoms with Gasteiger partial charge in [0, 0.05) is 36.4 Å². The lowest BCUT2D eigenvalue weighted by Gasteiger charge is -2.21. The molecule has 1 aliphatic heterocycles. The first-order valence-corrected chi connectivity index (χ1v) is 10.4. The molecule has 0 saturated carbocycles. The molecule has 0 radical (unpaired) electrons. The first-order chi connectivity index (χ1) is 13.2. The van der Waals surface area contributed by atoms with Crippen LogP contribution in [0.2, 0.25) is 0 Å². The first-order valence-electron chi connectivity index (χ1n) is 9.63. The Bertz CT molecular complexity index is 758. The SMILES string of the molecule is CCc1ccc(CNC(=NC)NCC2CCN(c3ccccc3OC)C2)s1. The van der Waals surface area contributed by atoms with Gasteiger partial charge in [0.15, 0.2) is 5.96 Å². The summed E-state index contributed by atoms with van der Waals surface area (Å²) in [6.45, 7) is 6.04. The predicted molar refractivity (Wildman–Crippen MR) is 115 cm³/mol. The number of hydrogen-bond donors (Lipinski definition) is 2. The molecular weight excluding hydrogens is 356 g/mol. The normalized spacial score (nSPS) is 17.2. The zero-order valence-corrected chi connectivity index (χ0v) is 17.3. The highest BCUT2D eigenvalue weighted by Gasteiger charge is 2.24. The van der Waals surface area contributed by atoms with E-state index in [2.05, 4.69) is 51.7 Å². The van der Waals surface area contributed by atoms with Crippen molar-refractivity contribution in [3.8, 4) is 5.75 Å². The van der Waals surface area contributed by atoms with E-state index in [9.17, 15) is 0 Å². The molecule has 1 atom stereocenters. The van der Waals surface area contributed by atoms with Gasteiger partial charge in [0.1, 0.15) is 5.75 Å². The predicted octanol–water partition coefficient (Wildman–Crippen LogP) is 3.51. The number of aryl methyl sites for hydroxylation is 1. The van der Waals surface area contributed by atoms with Gasteiger partial charge in [-0.05, 0) is 43.0 Å². The van der Waals surface area contributed by atoms with Crippen LogP contribution < -0.4 is 20.3 Å². The molecule has 2 N–H and O–H groups in total. The third-order valence-electron chi connectivity index (χ3n) is 4.99. The lowest BCUT2D eigenvalue weighted by Crippen LogP contribution is -2.39. The zero-order valence-electron chi connectivity index (χ0n) is 16.5. The maximum absolute atomic E-state index is 5.51. The smallest absolute Gasteiger partial charge is 0.191 e. The fourth-order valence-corrected chi connectivity index (χ4v) is 4.35. The van der Waals surface area contributed by atoms with Gasteiger partial charge in [0.25, 0.3) is 0 Å². The summed E-state index contributed by atoms with van der Waals surface area (Å²) in [5, 5.41) is 6.91. The average Bonchev–Trinajstić information content (AvgIpc) is 3.37. The summed E-state index contributed by atoms with van der Waals surface area (Å²) in [6, 6.07) is 12.7. The number of thiophene rings is 1. The van der Waals surface area contributed by atoms with Gasteiger partial charge in [-0.1, -0.05) is 19.1 Å². The maximum Gasteiger partial charge on any atom is 0.191 e. The van der Waals surface area contributed by atoms with Crippen molar-refractivity contribution < 1.29 is 4.74 Å². The van der Waals surface area contributed by atoms with Crippen molar-refractivity contribution in [2.24, 2.45) is 10.9 Å². The van der Waals surface area contributed by atoms with Crippen molar-refractivity contribution in [3.05, 3.63) is 46.2 Å². The lowest BCUT2D eigenvalue weighted by atomic mass is 10.1. The number of benzene rings is 1. The van der Waals surface area contributed by atoms with E-state index in [0.29, 0.717) is 5.92 Å². The summed E-state index contributed by atoms with van der Waals surface area (Å²) in [4.78, 5) is 9.55. The van der Waals surface area contributed by atoms with Gasteiger partial charge >= 0.3 is 0 Å². The van der Waals surface area contributed by atoms with Crippen LogP contribution in [0.4, 0.5) is 5.69 Å². The highest BCUT2D eigenvalue weighted by molar-refractivity contribution is 7.11. The number of guanidine groups is 1. The van der Waals surface area contributed by atoms with Crippen LogP contribution in [0.1, 0.15) is 23.1 Å². The zero-order chi connectivity index (χ0) is 19.1. The number of methoxy groups -OCH3 is 1. The summed E-state index contributed by atoms with van der Waals surface area (Å²) in [5.41, 5.74) is 1.19. The third-order valence-corrected chi connectivity index (χ3v) is 6.22. The highest BCUT2D eigenvalue weighted by atomic mass is 32.1. The van der Waals surface area contributed by atoms with E-state index in [-0.39, 0.29) is 0 Å². The van der Waals surface area contributed by atoms with Crippen LogP contribution in [0.3, 0.4) is 0 Å². The van der Waals surface area contributed by atoms with Crippen molar-refractivity contribution in [3.63, 3.8) is 0 Å². The Morgan fingerprint density at radius 1 is 1.22 bits per heavy atom. The minimum Gasteiger partial charge on any atom is -0.495 e. The number of para-hydroxylation sites is 2. The standard InChI is InChI=1S/C21H30N4OS/c1-4-17-9-10-18(27-17)14-24-21(22-2)23-13-16-11-12-25(15-16)19-7-5-6-8-20(19)26-3/h5-10,16H,4,11-15H2,1-3H3,(H2,22,23,24). The molecule has 5 nitrogen and oxygen atoms in total. The monoisotopic (exact) mass is 386 g/mol. The Balaban J connectivity index is 1.46. The minimum absolute atomic E-state index is 0.599. The molecule has 1 aliphatic rings. The van der Waals surface area contributed by atoms with Crippen LogP contribution in [0.5, 0.6) is 5.75 Å². The molecule has 1 saturated heterocycles. The van der Waals surface area contributed by atoms with E-state index in [1.807, 2.05) is 30.5 Å². The molecule has 1 aromatic heterocycles. The number of nitrogens with zero attached hydrogens (tertiary/aromatic N) is 2. The van der Waals surface area contributed by atoms with Crippen LogP contribution in [0.15, 0.2) is 41.4 Å². The number of anilines is 1. The molecule has 1 aromatic carbocycles. The van der Waals surface area contributed by atoms with Crippen LogP contribution in [-0.2, 0) is 13.0 Å². The van der Waals surface area contributed by atoms with Crippen molar-refractivity contribution in [1.82, 2.24) is 10.6 Å². The molecule has 0 bridgehead atoms. The van der Waals surface area contributed by atoms with Crippen LogP contribution in [0, 0.1) is 5.92 Å². The Labute approximate surface area is 166 Å². The largest absolute Gasteiger partial charge is 0.495 e. The van der Waals surface area contributed by atoms with E-state index >= 15 is 0 Å². The third kappa shape index (κ3) is 5.16. The molecule has 0 amide bonds. The van der Waals surface area contributed by atoms with Crippen molar-refractivity contribution in [1.29, 1.82) is 0 Å². The summed E-state index contributed by atoms with van der Waals surface area (Å²) < 4.78 is 5.51. The molecule has 0 spiro atoms. The molecule has 2 aromatic rings. The van der Waals surface area contributed by atoms with E-state index in [4.69, 9.17) is 4.74 Å². The number of nitrogens with one attached hydrogen (secondary N) is 2. The van der Waals surface area contributed by atoms with Crippen LogP contribution >= 0.6 is 11.3 Å². The number of rotatable bonds is 7. The van der Waals surface area contributed by atoms with Crippen molar-refractivity contribution in [2.75, 3.05) is 38.7 Å². The van der Waals surface area contributed by atoms with E-state index in [1.54, 1.807) is 7.11 Å². The second-order valence-electron chi connectivity index (χ2n) is 6.80. The van der Waals surface area contributed by atoms with Gasteiger partial charge in [-0.25, -0.2) is 0 Å². The molecule has 6 heteroatoms. The molecule has 27 heavy (non-hydrogen) atoms. The molecule has 1 fully saturated rings. The molecular formula is C21H30N4OS. The van der Waals surface area contributed by atoms with Crippen molar-refractivity contribution in [2.45, 2.75) is 26.3 Å². The van der Waals surface area contributed by atoms with E-state index in [1.165, 1.54) is 21.9 Å². The molecule has 2 heterocycles.